The van der Waals surface area contributed by atoms with Crippen molar-refractivity contribution in [3.05, 3.63) is 29.3 Å². The molecule has 2 aliphatic rings. The molecule has 0 saturated carbocycles. The van der Waals surface area contributed by atoms with Gasteiger partial charge in [-0.05, 0) is 31.0 Å². The van der Waals surface area contributed by atoms with Crippen LogP contribution in [0.25, 0.3) is 0 Å². The van der Waals surface area contributed by atoms with Crippen LogP contribution in [0.1, 0.15) is 53.8 Å². The average Bonchev–Trinajstić information content (AvgIpc) is 2.65. The molecule has 1 saturated heterocycles. The molecule has 3 nitrogen and oxygen atoms in total. The van der Waals surface area contributed by atoms with Crippen LogP contribution in [-0.2, 0) is 0 Å². The molecule has 0 aromatic heterocycles. The minimum absolute atomic E-state index is 0.0281. The largest absolute Gasteiger partial charge is 0.370 e. The first-order valence-corrected chi connectivity index (χ1v) is 7.04. The van der Waals surface area contributed by atoms with Crippen molar-refractivity contribution in [2.75, 3.05) is 18.0 Å². The molecule has 0 radical (unpaired) electrons. The Balaban J connectivity index is 1.84. The van der Waals surface area contributed by atoms with E-state index in [1.165, 1.54) is 12.8 Å². The van der Waals surface area contributed by atoms with Gasteiger partial charge in [-0.2, -0.15) is 0 Å². The van der Waals surface area contributed by atoms with Crippen molar-refractivity contribution in [3.8, 4) is 0 Å². The number of carbonyl (C=O) groups excluding carboxylic acids is 2. The van der Waals surface area contributed by atoms with Crippen LogP contribution in [0.3, 0.4) is 0 Å². The van der Waals surface area contributed by atoms with Crippen LogP contribution < -0.4 is 4.90 Å². The van der Waals surface area contributed by atoms with E-state index in [0.29, 0.717) is 16.5 Å². The van der Waals surface area contributed by atoms with Crippen molar-refractivity contribution in [2.45, 2.75) is 33.1 Å². The Morgan fingerprint density at radius 1 is 1.05 bits per heavy atom. The van der Waals surface area contributed by atoms with Gasteiger partial charge in [0.1, 0.15) is 0 Å². The molecule has 1 aliphatic heterocycles. The maximum atomic E-state index is 11.8. The van der Waals surface area contributed by atoms with Crippen molar-refractivity contribution >= 4 is 17.3 Å². The summed E-state index contributed by atoms with van der Waals surface area (Å²) < 4.78 is 0. The van der Waals surface area contributed by atoms with Crippen LogP contribution in [0.5, 0.6) is 0 Å². The fraction of sp³-hybridized carbons (Fsp3) is 0.500. The van der Waals surface area contributed by atoms with Crippen molar-refractivity contribution in [1.29, 1.82) is 0 Å². The zero-order valence-corrected chi connectivity index (χ0v) is 11.5. The molecule has 0 amide bonds. The summed E-state index contributed by atoms with van der Waals surface area (Å²) in [5, 5.41) is 0. The van der Waals surface area contributed by atoms with Gasteiger partial charge in [0.15, 0.2) is 11.6 Å². The molecule has 1 aliphatic carbocycles. The van der Waals surface area contributed by atoms with E-state index in [1.807, 2.05) is 18.2 Å². The Morgan fingerprint density at radius 3 is 2.32 bits per heavy atom. The Labute approximate surface area is 113 Å². The van der Waals surface area contributed by atoms with E-state index in [9.17, 15) is 9.59 Å². The Bertz CT molecular complexity index is 550. The number of hydrogen-bond donors (Lipinski definition) is 0. The first-order valence-electron chi connectivity index (χ1n) is 7.04. The van der Waals surface area contributed by atoms with Gasteiger partial charge in [-0.1, -0.05) is 13.8 Å². The molecule has 1 heterocycles. The minimum Gasteiger partial charge on any atom is -0.370 e. The van der Waals surface area contributed by atoms with Crippen LogP contribution in [0, 0.1) is 5.41 Å². The van der Waals surface area contributed by atoms with Crippen LogP contribution in [0.2, 0.25) is 0 Å². The van der Waals surface area contributed by atoms with Crippen LogP contribution in [-0.4, -0.2) is 24.7 Å². The number of carbonyl (C=O) groups is 2. The number of rotatable bonds is 3. The normalized spacial score (nSPS) is 20.4. The van der Waals surface area contributed by atoms with Crippen molar-refractivity contribution < 1.29 is 9.59 Å². The zero-order chi connectivity index (χ0) is 13.6. The molecule has 0 spiro atoms. The molecular formula is C16H19NO2. The predicted molar refractivity (Wildman–Crippen MR) is 74.9 cm³/mol. The summed E-state index contributed by atoms with van der Waals surface area (Å²) in [6.07, 6.45) is 2.44. The number of fused-ring (bicyclic) bond motifs is 1. The van der Waals surface area contributed by atoms with E-state index < -0.39 is 0 Å². The number of Topliss-reactive ketones (excluding diaryl/α,β-unsaturated/α-hetero) is 2. The number of hydrogen-bond acceptors (Lipinski definition) is 3. The topological polar surface area (TPSA) is 37.4 Å². The quantitative estimate of drug-likeness (QED) is 0.781. The third-order valence-electron chi connectivity index (χ3n) is 4.84. The summed E-state index contributed by atoms with van der Waals surface area (Å²) in [5.41, 5.74) is 2.75. The van der Waals surface area contributed by atoms with E-state index in [-0.39, 0.29) is 18.0 Å². The molecule has 0 N–H and O–H groups in total. The van der Waals surface area contributed by atoms with E-state index >= 15 is 0 Å². The lowest BCUT2D eigenvalue weighted by Gasteiger charge is -2.51. The Kier molecular flexibility index (Phi) is 2.73. The van der Waals surface area contributed by atoms with Gasteiger partial charge in [0.05, 0.1) is 6.42 Å². The SMILES string of the molecule is CCC1(CC)CN(c2ccc3c(c2)C(=O)CC3=O)C1. The molecule has 0 atom stereocenters. The van der Waals surface area contributed by atoms with Gasteiger partial charge in [-0.25, -0.2) is 0 Å². The fourth-order valence-electron chi connectivity index (χ4n) is 3.18. The third-order valence-corrected chi connectivity index (χ3v) is 4.84. The predicted octanol–water partition coefficient (Wildman–Crippen LogP) is 3.08. The van der Waals surface area contributed by atoms with Crippen molar-refractivity contribution in [3.63, 3.8) is 0 Å². The highest BCUT2D eigenvalue weighted by molar-refractivity contribution is 6.24. The lowest BCUT2D eigenvalue weighted by Crippen LogP contribution is -2.55. The highest BCUT2D eigenvalue weighted by Crippen LogP contribution is 2.40. The van der Waals surface area contributed by atoms with Crippen LogP contribution in [0.15, 0.2) is 18.2 Å². The number of ketones is 2. The van der Waals surface area contributed by atoms with Gasteiger partial charge in [-0.15, -0.1) is 0 Å². The first kappa shape index (κ1) is 12.4. The minimum atomic E-state index is -0.0355. The zero-order valence-electron chi connectivity index (χ0n) is 11.5. The van der Waals surface area contributed by atoms with Gasteiger partial charge in [0, 0.05) is 35.3 Å². The standard InChI is InChI=1S/C16H19NO2/c1-3-16(4-2)9-17(10-16)11-5-6-12-13(7-11)15(19)8-14(12)18/h5-7H,3-4,8-10H2,1-2H3. The van der Waals surface area contributed by atoms with E-state index in [1.54, 1.807) is 0 Å². The van der Waals surface area contributed by atoms with Gasteiger partial charge in [-0.3, -0.25) is 9.59 Å². The van der Waals surface area contributed by atoms with E-state index in [0.717, 1.165) is 18.8 Å². The summed E-state index contributed by atoms with van der Waals surface area (Å²) in [4.78, 5) is 25.7. The van der Waals surface area contributed by atoms with Gasteiger partial charge >= 0.3 is 0 Å². The highest BCUT2D eigenvalue weighted by atomic mass is 16.2. The smallest absolute Gasteiger partial charge is 0.171 e. The molecule has 100 valence electrons. The lowest BCUT2D eigenvalue weighted by atomic mass is 9.75. The molecule has 19 heavy (non-hydrogen) atoms. The summed E-state index contributed by atoms with van der Waals surface area (Å²) in [6.45, 7) is 6.60. The lowest BCUT2D eigenvalue weighted by molar-refractivity contribution is 0.0923. The first-order chi connectivity index (χ1) is 9.08. The van der Waals surface area contributed by atoms with Crippen LogP contribution in [0.4, 0.5) is 5.69 Å². The van der Waals surface area contributed by atoms with E-state index in [4.69, 9.17) is 0 Å². The fourth-order valence-corrected chi connectivity index (χ4v) is 3.18. The second-order valence-corrected chi connectivity index (χ2v) is 5.82. The summed E-state index contributed by atoms with van der Waals surface area (Å²) in [6, 6.07) is 5.69. The maximum absolute atomic E-state index is 11.8. The number of anilines is 1. The maximum Gasteiger partial charge on any atom is 0.171 e. The monoisotopic (exact) mass is 257 g/mol. The highest BCUT2D eigenvalue weighted by Gasteiger charge is 2.40. The molecule has 1 aromatic carbocycles. The number of nitrogens with zero attached hydrogens (tertiary/aromatic N) is 1. The van der Waals surface area contributed by atoms with Crippen molar-refractivity contribution in [1.82, 2.24) is 0 Å². The van der Waals surface area contributed by atoms with Crippen molar-refractivity contribution in [2.24, 2.45) is 5.41 Å². The summed E-state index contributed by atoms with van der Waals surface area (Å²) >= 11 is 0. The molecular weight excluding hydrogens is 238 g/mol. The molecule has 3 heteroatoms. The summed E-state index contributed by atoms with van der Waals surface area (Å²) in [5.74, 6) is -0.0637. The summed E-state index contributed by atoms with van der Waals surface area (Å²) in [7, 11) is 0. The van der Waals surface area contributed by atoms with E-state index in [2.05, 4.69) is 18.7 Å². The van der Waals surface area contributed by atoms with Gasteiger partial charge < -0.3 is 4.90 Å². The molecule has 0 bridgehead atoms. The molecule has 1 fully saturated rings. The Morgan fingerprint density at radius 2 is 1.68 bits per heavy atom. The molecule has 1 aromatic rings. The number of benzene rings is 1. The van der Waals surface area contributed by atoms with Gasteiger partial charge in [0.25, 0.3) is 0 Å². The second kappa shape index (κ2) is 4.19. The molecule has 0 unspecified atom stereocenters. The average molecular weight is 257 g/mol. The third kappa shape index (κ3) is 1.79. The van der Waals surface area contributed by atoms with Crippen LogP contribution >= 0.6 is 0 Å². The van der Waals surface area contributed by atoms with Gasteiger partial charge in [0.2, 0.25) is 0 Å². The second-order valence-electron chi connectivity index (χ2n) is 5.82. The Hall–Kier alpha value is -1.64. The molecule has 3 rings (SSSR count).